The van der Waals surface area contributed by atoms with E-state index in [1.54, 1.807) is 9.58 Å². The van der Waals surface area contributed by atoms with Gasteiger partial charge in [-0.05, 0) is 25.7 Å². The second-order valence-corrected chi connectivity index (χ2v) is 5.29. The van der Waals surface area contributed by atoms with Crippen LogP contribution in [0.3, 0.4) is 0 Å². The number of aliphatic hydroxyl groups is 1. The molecule has 1 aliphatic heterocycles. The lowest BCUT2D eigenvalue weighted by atomic mass is 9.91. The third-order valence-electron chi connectivity index (χ3n) is 3.91. The molecule has 1 aromatic rings. The summed E-state index contributed by atoms with van der Waals surface area (Å²) >= 11 is 0. The van der Waals surface area contributed by atoms with Gasteiger partial charge in [-0.15, -0.1) is 0 Å². The Morgan fingerprint density at radius 3 is 2.95 bits per heavy atom. The molecule has 0 bridgehead atoms. The van der Waals surface area contributed by atoms with E-state index in [9.17, 15) is 9.90 Å². The van der Waals surface area contributed by atoms with Crippen molar-refractivity contribution in [1.29, 1.82) is 0 Å². The third kappa shape index (κ3) is 2.89. The van der Waals surface area contributed by atoms with E-state index in [1.807, 2.05) is 20.0 Å². The Kier molecular flexibility index (Phi) is 4.09. The quantitative estimate of drug-likeness (QED) is 0.849. The molecular formula is C13H22N4O2. The molecule has 0 spiro atoms. The fraction of sp³-hybridized carbons (Fsp3) is 0.692. The number of hydrogen-bond donors (Lipinski definition) is 2. The van der Waals surface area contributed by atoms with Crippen molar-refractivity contribution in [3.8, 4) is 0 Å². The number of likely N-dealkylation sites (tertiary alicyclic amines) is 1. The summed E-state index contributed by atoms with van der Waals surface area (Å²) in [5, 5.41) is 16.5. The number of amides is 2. The molecule has 2 atom stereocenters. The van der Waals surface area contributed by atoms with Crippen LogP contribution in [-0.4, -0.2) is 45.0 Å². The topological polar surface area (TPSA) is 70.4 Å². The van der Waals surface area contributed by atoms with Crippen LogP contribution in [0, 0.1) is 12.8 Å². The molecule has 2 amide bonds. The van der Waals surface area contributed by atoms with Crippen LogP contribution in [0.5, 0.6) is 0 Å². The molecule has 0 saturated carbocycles. The third-order valence-corrected chi connectivity index (χ3v) is 3.91. The number of aliphatic hydroxyl groups excluding tert-OH is 1. The van der Waals surface area contributed by atoms with E-state index >= 15 is 0 Å². The number of nitrogens with zero attached hydrogens (tertiary/aromatic N) is 3. The first kappa shape index (κ1) is 13.9. The summed E-state index contributed by atoms with van der Waals surface area (Å²) in [6.07, 6.45) is 2.03. The molecular weight excluding hydrogens is 244 g/mol. The predicted octanol–water partition coefficient (Wildman–Crippen LogP) is 1.35. The van der Waals surface area contributed by atoms with Gasteiger partial charge >= 0.3 is 6.03 Å². The normalized spacial score (nSPS) is 23.5. The highest BCUT2D eigenvalue weighted by Gasteiger charge is 2.31. The second-order valence-electron chi connectivity index (χ2n) is 5.29. The number of anilines is 1. The maximum absolute atomic E-state index is 12.3. The average molecular weight is 266 g/mol. The van der Waals surface area contributed by atoms with E-state index < -0.39 is 0 Å². The molecule has 1 fully saturated rings. The molecule has 6 nitrogen and oxygen atoms in total. The fourth-order valence-electron chi connectivity index (χ4n) is 2.58. The number of aromatic nitrogens is 2. The van der Waals surface area contributed by atoms with Crippen molar-refractivity contribution < 1.29 is 9.90 Å². The van der Waals surface area contributed by atoms with Crippen molar-refractivity contribution in [2.45, 2.75) is 32.7 Å². The van der Waals surface area contributed by atoms with E-state index in [0.717, 1.165) is 18.5 Å². The van der Waals surface area contributed by atoms with Crippen LogP contribution >= 0.6 is 0 Å². The van der Waals surface area contributed by atoms with Crippen molar-refractivity contribution in [3.05, 3.63) is 11.8 Å². The molecule has 2 unspecified atom stereocenters. The van der Waals surface area contributed by atoms with Crippen molar-refractivity contribution in [2.75, 3.05) is 18.5 Å². The molecule has 2 rings (SSSR count). The minimum Gasteiger partial charge on any atom is -0.394 e. The molecule has 1 saturated heterocycles. The predicted molar refractivity (Wildman–Crippen MR) is 72.9 cm³/mol. The Morgan fingerprint density at radius 2 is 2.37 bits per heavy atom. The number of hydrogen-bond acceptors (Lipinski definition) is 3. The Bertz CT molecular complexity index is 438. The minimum absolute atomic E-state index is 0.00975. The van der Waals surface area contributed by atoms with Gasteiger partial charge in [0.2, 0.25) is 0 Å². The van der Waals surface area contributed by atoms with Gasteiger partial charge in [0.05, 0.1) is 12.6 Å². The van der Waals surface area contributed by atoms with E-state index in [1.165, 1.54) is 0 Å². The molecule has 0 aromatic carbocycles. The summed E-state index contributed by atoms with van der Waals surface area (Å²) in [4.78, 5) is 14.0. The second kappa shape index (κ2) is 5.61. The van der Waals surface area contributed by atoms with Gasteiger partial charge in [0.15, 0.2) is 5.82 Å². The SMILES string of the molecule is Cc1cc(NC(=O)N2CCCC(C)C2CO)nn1C. The summed E-state index contributed by atoms with van der Waals surface area (Å²) < 4.78 is 1.72. The van der Waals surface area contributed by atoms with Crippen LogP contribution in [0.1, 0.15) is 25.5 Å². The van der Waals surface area contributed by atoms with Crippen LogP contribution in [0.4, 0.5) is 10.6 Å². The van der Waals surface area contributed by atoms with Crippen LogP contribution < -0.4 is 5.32 Å². The lowest BCUT2D eigenvalue weighted by Gasteiger charge is -2.38. The Hall–Kier alpha value is -1.56. The summed E-state index contributed by atoms with van der Waals surface area (Å²) in [7, 11) is 1.84. The number of aryl methyl sites for hydroxylation is 2. The Balaban J connectivity index is 2.06. The van der Waals surface area contributed by atoms with Crippen molar-refractivity contribution in [2.24, 2.45) is 13.0 Å². The van der Waals surface area contributed by atoms with Crippen molar-refractivity contribution >= 4 is 11.8 Å². The molecule has 19 heavy (non-hydrogen) atoms. The summed E-state index contributed by atoms with van der Waals surface area (Å²) in [5.41, 5.74) is 0.987. The summed E-state index contributed by atoms with van der Waals surface area (Å²) in [6, 6.07) is 1.56. The average Bonchev–Trinajstić information content (AvgIpc) is 2.67. The summed E-state index contributed by atoms with van der Waals surface area (Å²) in [6.45, 7) is 4.70. The first-order chi connectivity index (χ1) is 9.02. The van der Waals surface area contributed by atoms with Crippen LogP contribution in [0.15, 0.2) is 6.07 Å². The standard InChI is InChI=1S/C13H22N4O2/c1-9-5-4-6-17(11(9)8-18)13(19)14-12-7-10(2)16(3)15-12/h7,9,11,18H,4-6,8H2,1-3H3,(H,14,15,19). The fourth-order valence-corrected chi connectivity index (χ4v) is 2.58. The number of carbonyl (C=O) groups excluding carboxylic acids is 1. The van der Waals surface area contributed by atoms with Gasteiger partial charge in [-0.1, -0.05) is 6.92 Å². The largest absolute Gasteiger partial charge is 0.394 e. The molecule has 1 aliphatic rings. The van der Waals surface area contributed by atoms with Gasteiger partial charge in [0.1, 0.15) is 0 Å². The smallest absolute Gasteiger partial charge is 0.323 e. The first-order valence-corrected chi connectivity index (χ1v) is 6.72. The molecule has 2 heterocycles. The molecule has 106 valence electrons. The molecule has 6 heteroatoms. The van der Waals surface area contributed by atoms with Gasteiger partial charge in [0.25, 0.3) is 0 Å². The lowest BCUT2D eigenvalue weighted by Crippen LogP contribution is -2.51. The van der Waals surface area contributed by atoms with Crippen LogP contribution in [0.2, 0.25) is 0 Å². The van der Waals surface area contributed by atoms with Gasteiger partial charge in [-0.2, -0.15) is 5.10 Å². The van der Waals surface area contributed by atoms with Crippen molar-refractivity contribution in [3.63, 3.8) is 0 Å². The maximum Gasteiger partial charge on any atom is 0.323 e. The zero-order valence-electron chi connectivity index (χ0n) is 11.8. The van der Waals surface area contributed by atoms with Gasteiger partial charge in [-0.3, -0.25) is 10.00 Å². The summed E-state index contributed by atoms with van der Waals surface area (Å²) in [5.74, 6) is 0.884. The number of carbonyl (C=O) groups is 1. The number of nitrogens with one attached hydrogen (secondary N) is 1. The highest BCUT2D eigenvalue weighted by molar-refractivity contribution is 5.88. The zero-order valence-corrected chi connectivity index (χ0v) is 11.8. The minimum atomic E-state index is -0.177. The number of piperidine rings is 1. The van der Waals surface area contributed by atoms with E-state index in [-0.39, 0.29) is 18.7 Å². The highest BCUT2D eigenvalue weighted by Crippen LogP contribution is 2.23. The van der Waals surface area contributed by atoms with Crippen molar-refractivity contribution in [1.82, 2.24) is 14.7 Å². The van der Waals surface area contributed by atoms with Gasteiger partial charge in [-0.25, -0.2) is 4.79 Å². The van der Waals surface area contributed by atoms with Gasteiger partial charge in [0, 0.05) is 25.4 Å². The molecule has 0 radical (unpaired) electrons. The van der Waals surface area contributed by atoms with Gasteiger partial charge < -0.3 is 10.0 Å². The monoisotopic (exact) mass is 266 g/mol. The van der Waals surface area contributed by atoms with E-state index in [2.05, 4.69) is 17.3 Å². The van der Waals surface area contributed by atoms with Crippen LogP contribution in [-0.2, 0) is 7.05 Å². The molecule has 2 N–H and O–H groups in total. The van der Waals surface area contributed by atoms with Crippen LogP contribution in [0.25, 0.3) is 0 Å². The zero-order chi connectivity index (χ0) is 14.0. The maximum atomic E-state index is 12.3. The van der Waals surface area contributed by atoms with E-state index in [4.69, 9.17) is 0 Å². The first-order valence-electron chi connectivity index (χ1n) is 6.72. The number of urea groups is 1. The highest BCUT2D eigenvalue weighted by atomic mass is 16.3. The Labute approximate surface area is 113 Å². The lowest BCUT2D eigenvalue weighted by molar-refractivity contribution is 0.0811. The number of rotatable bonds is 2. The molecule has 1 aromatic heterocycles. The molecule has 0 aliphatic carbocycles. The van der Waals surface area contributed by atoms with E-state index in [0.29, 0.717) is 18.3 Å². The Morgan fingerprint density at radius 1 is 1.63 bits per heavy atom.